The maximum Gasteiger partial charge on any atom is 0.317 e. The molecule has 0 heterocycles. The molecule has 0 saturated heterocycles. The van der Waals surface area contributed by atoms with Gasteiger partial charge in [-0.25, -0.2) is 0 Å². The third-order valence-electron chi connectivity index (χ3n) is 3.20. The summed E-state index contributed by atoms with van der Waals surface area (Å²) >= 11 is 1.41. The molecule has 0 aliphatic rings. The van der Waals surface area contributed by atoms with Gasteiger partial charge in [0.05, 0.1) is 0 Å². The Bertz CT molecular complexity index is 566. The molecule has 0 radical (unpaired) electrons. The van der Waals surface area contributed by atoms with Gasteiger partial charge in [-0.05, 0) is 36.1 Å². The smallest absolute Gasteiger partial charge is 0.317 e. The fourth-order valence-corrected chi connectivity index (χ4v) is 3.15. The van der Waals surface area contributed by atoms with E-state index < -0.39 is 11.2 Å². The fourth-order valence-electron chi connectivity index (χ4n) is 2.14. The standard InChI is InChI=1S/C17H18O2S/c1-2-13-8-6-7-9-14(13)12-16(17(18)19)20-15-10-4-3-5-11-15/h3-11,16H,2,12H2,1H3,(H,18,19)/t16-/m0/s1. The molecule has 20 heavy (non-hydrogen) atoms. The average Bonchev–Trinajstić information content (AvgIpc) is 2.48. The van der Waals surface area contributed by atoms with Crippen molar-refractivity contribution in [2.75, 3.05) is 0 Å². The van der Waals surface area contributed by atoms with E-state index in [1.807, 2.05) is 48.5 Å². The van der Waals surface area contributed by atoms with Crippen LogP contribution in [-0.4, -0.2) is 16.3 Å². The molecule has 0 aromatic heterocycles. The molecule has 0 unspecified atom stereocenters. The monoisotopic (exact) mass is 286 g/mol. The lowest BCUT2D eigenvalue weighted by Crippen LogP contribution is -2.19. The van der Waals surface area contributed by atoms with E-state index >= 15 is 0 Å². The Labute approximate surface area is 123 Å². The van der Waals surface area contributed by atoms with Crippen LogP contribution in [0.15, 0.2) is 59.5 Å². The maximum absolute atomic E-state index is 11.5. The molecule has 104 valence electrons. The van der Waals surface area contributed by atoms with Crippen molar-refractivity contribution in [1.82, 2.24) is 0 Å². The predicted molar refractivity (Wildman–Crippen MR) is 83.2 cm³/mol. The van der Waals surface area contributed by atoms with Gasteiger partial charge >= 0.3 is 5.97 Å². The number of rotatable bonds is 6. The van der Waals surface area contributed by atoms with E-state index in [-0.39, 0.29) is 0 Å². The number of carbonyl (C=O) groups is 1. The molecule has 2 aromatic rings. The summed E-state index contributed by atoms with van der Waals surface area (Å²) in [7, 11) is 0. The number of hydrogen-bond donors (Lipinski definition) is 1. The lowest BCUT2D eigenvalue weighted by Gasteiger charge is -2.14. The summed E-state index contributed by atoms with van der Waals surface area (Å²) in [6, 6.07) is 17.8. The Morgan fingerprint density at radius 1 is 1.05 bits per heavy atom. The molecule has 2 aromatic carbocycles. The van der Waals surface area contributed by atoms with Gasteiger partial charge in [-0.1, -0.05) is 49.4 Å². The Kier molecular flexibility index (Phi) is 5.24. The highest BCUT2D eigenvalue weighted by molar-refractivity contribution is 8.00. The molecular formula is C17H18O2S. The largest absolute Gasteiger partial charge is 0.480 e. The highest BCUT2D eigenvalue weighted by Gasteiger charge is 2.20. The van der Waals surface area contributed by atoms with Crippen LogP contribution in [0, 0.1) is 0 Å². The number of thioether (sulfide) groups is 1. The first-order valence-electron chi connectivity index (χ1n) is 6.72. The molecule has 0 aliphatic heterocycles. The van der Waals surface area contributed by atoms with E-state index in [9.17, 15) is 9.90 Å². The molecule has 1 atom stereocenters. The van der Waals surface area contributed by atoms with Crippen LogP contribution in [0.1, 0.15) is 18.1 Å². The van der Waals surface area contributed by atoms with Gasteiger partial charge < -0.3 is 5.11 Å². The summed E-state index contributed by atoms with van der Waals surface area (Å²) in [5.74, 6) is -0.759. The molecule has 3 heteroatoms. The molecule has 0 spiro atoms. The van der Waals surface area contributed by atoms with Crippen molar-refractivity contribution in [3.8, 4) is 0 Å². The first kappa shape index (κ1) is 14.7. The topological polar surface area (TPSA) is 37.3 Å². The summed E-state index contributed by atoms with van der Waals surface area (Å²) in [4.78, 5) is 12.5. The van der Waals surface area contributed by atoms with Crippen LogP contribution in [0.3, 0.4) is 0 Å². The van der Waals surface area contributed by atoms with E-state index in [0.29, 0.717) is 6.42 Å². The summed E-state index contributed by atoms with van der Waals surface area (Å²) < 4.78 is 0. The number of benzene rings is 2. The quantitative estimate of drug-likeness (QED) is 0.814. The molecule has 0 fully saturated rings. The number of carboxylic acids is 1. The van der Waals surface area contributed by atoms with Gasteiger partial charge in [0.25, 0.3) is 0 Å². The maximum atomic E-state index is 11.5. The molecule has 2 nitrogen and oxygen atoms in total. The van der Waals surface area contributed by atoms with Crippen molar-refractivity contribution in [3.63, 3.8) is 0 Å². The van der Waals surface area contributed by atoms with E-state index in [1.165, 1.54) is 17.3 Å². The minimum absolute atomic E-state index is 0.454. The van der Waals surface area contributed by atoms with Crippen molar-refractivity contribution in [2.45, 2.75) is 29.9 Å². The molecule has 0 saturated carbocycles. The van der Waals surface area contributed by atoms with Crippen molar-refractivity contribution < 1.29 is 9.90 Å². The highest BCUT2D eigenvalue weighted by Crippen LogP contribution is 2.27. The van der Waals surface area contributed by atoms with E-state index in [1.54, 1.807) is 0 Å². The van der Waals surface area contributed by atoms with Crippen LogP contribution in [0.2, 0.25) is 0 Å². The van der Waals surface area contributed by atoms with Crippen LogP contribution in [-0.2, 0) is 17.6 Å². The molecule has 2 rings (SSSR count). The van der Waals surface area contributed by atoms with Crippen molar-refractivity contribution in [1.29, 1.82) is 0 Å². The van der Waals surface area contributed by atoms with Crippen molar-refractivity contribution in [2.24, 2.45) is 0 Å². The average molecular weight is 286 g/mol. The minimum Gasteiger partial charge on any atom is -0.480 e. The Hall–Kier alpha value is -1.74. The predicted octanol–water partition coefficient (Wildman–Crippen LogP) is 4.04. The van der Waals surface area contributed by atoms with Crippen molar-refractivity contribution in [3.05, 3.63) is 65.7 Å². The van der Waals surface area contributed by atoms with Crippen LogP contribution < -0.4 is 0 Å². The highest BCUT2D eigenvalue weighted by atomic mass is 32.2. The number of aliphatic carboxylic acids is 1. The lowest BCUT2D eigenvalue weighted by atomic mass is 10.0. The van der Waals surface area contributed by atoms with Gasteiger partial charge in [0, 0.05) is 4.90 Å². The zero-order valence-electron chi connectivity index (χ0n) is 11.5. The molecule has 0 aliphatic carbocycles. The molecular weight excluding hydrogens is 268 g/mol. The first-order chi connectivity index (χ1) is 9.70. The van der Waals surface area contributed by atoms with E-state index in [4.69, 9.17) is 0 Å². The normalized spacial score (nSPS) is 12.1. The van der Waals surface area contributed by atoms with Gasteiger partial charge in [-0.15, -0.1) is 11.8 Å². The van der Waals surface area contributed by atoms with E-state index in [2.05, 4.69) is 13.0 Å². The SMILES string of the molecule is CCc1ccccc1C[C@H](Sc1ccccc1)C(=O)O. The molecule has 1 N–H and O–H groups in total. The zero-order valence-corrected chi connectivity index (χ0v) is 12.3. The van der Waals surface area contributed by atoms with Crippen molar-refractivity contribution >= 4 is 17.7 Å². The van der Waals surface area contributed by atoms with Gasteiger partial charge in [0.15, 0.2) is 0 Å². The van der Waals surface area contributed by atoms with Gasteiger partial charge in [0.2, 0.25) is 0 Å². The van der Waals surface area contributed by atoms with Crippen LogP contribution in [0.25, 0.3) is 0 Å². The second-order valence-electron chi connectivity index (χ2n) is 4.58. The Balaban J connectivity index is 2.16. The first-order valence-corrected chi connectivity index (χ1v) is 7.60. The van der Waals surface area contributed by atoms with Gasteiger partial charge in [-0.2, -0.15) is 0 Å². The summed E-state index contributed by atoms with van der Waals surface area (Å²) in [5.41, 5.74) is 2.36. The summed E-state index contributed by atoms with van der Waals surface area (Å²) in [5, 5.41) is 8.99. The van der Waals surface area contributed by atoms with Gasteiger partial charge in [-0.3, -0.25) is 4.79 Å². The second-order valence-corrected chi connectivity index (χ2v) is 5.86. The summed E-state index contributed by atoms with van der Waals surface area (Å²) in [6.45, 7) is 2.10. The Morgan fingerprint density at radius 2 is 1.65 bits per heavy atom. The number of aryl methyl sites for hydroxylation is 1. The third-order valence-corrected chi connectivity index (χ3v) is 4.40. The summed E-state index contributed by atoms with van der Waals surface area (Å²) in [6.07, 6.45) is 1.48. The Morgan fingerprint density at radius 3 is 2.25 bits per heavy atom. The van der Waals surface area contributed by atoms with Gasteiger partial charge in [0.1, 0.15) is 5.25 Å². The third kappa shape index (κ3) is 3.87. The number of carboxylic acid groups (broad SMARTS) is 1. The van der Waals surface area contributed by atoms with E-state index in [0.717, 1.165) is 16.9 Å². The second kappa shape index (κ2) is 7.15. The molecule has 0 amide bonds. The number of hydrogen-bond acceptors (Lipinski definition) is 2. The minimum atomic E-state index is -0.759. The van der Waals surface area contributed by atoms with Crippen LogP contribution >= 0.6 is 11.8 Å². The zero-order chi connectivity index (χ0) is 14.4. The lowest BCUT2D eigenvalue weighted by molar-refractivity contribution is -0.136. The fraction of sp³-hybridized carbons (Fsp3) is 0.235. The van der Waals surface area contributed by atoms with Crippen LogP contribution in [0.4, 0.5) is 0 Å². The van der Waals surface area contributed by atoms with Crippen LogP contribution in [0.5, 0.6) is 0 Å². The molecule has 0 bridgehead atoms.